The SMILES string of the molecule is CCCCc1ccc(N(c2ccc(S)cc2)c2ccc(N(c3ccc(CCCC)cc3)c3ccc(CCCC)cc3)cc2)cc1. The average molecular weight is 613 g/mol. The van der Waals surface area contributed by atoms with Gasteiger partial charge in [0.25, 0.3) is 0 Å². The monoisotopic (exact) mass is 612 g/mol. The molecule has 0 atom stereocenters. The van der Waals surface area contributed by atoms with Gasteiger partial charge in [-0.3, -0.25) is 0 Å². The Morgan fingerprint density at radius 1 is 0.356 bits per heavy atom. The van der Waals surface area contributed by atoms with Crippen molar-refractivity contribution in [3.63, 3.8) is 0 Å². The zero-order valence-electron chi connectivity index (χ0n) is 27.3. The second-order valence-electron chi connectivity index (χ2n) is 12.0. The van der Waals surface area contributed by atoms with Gasteiger partial charge in [-0.25, -0.2) is 0 Å². The summed E-state index contributed by atoms with van der Waals surface area (Å²) in [6, 6.07) is 44.7. The first-order chi connectivity index (χ1) is 22.1. The second kappa shape index (κ2) is 16.4. The van der Waals surface area contributed by atoms with Crippen molar-refractivity contribution in [1.82, 2.24) is 0 Å². The fraction of sp³-hybridized carbons (Fsp3) is 0.286. The number of aryl methyl sites for hydroxylation is 3. The Kier molecular flexibility index (Phi) is 11.8. The molecule has 3 heteroatoms. The molecule has 0 N–H and O–H groups in total. The Labute approximate surface area is 277 Å². The van der Waals surface area contributed by atoms with Gasteiger partial charge in [0.15, 0.2) is 0 Å². The highest BCUT2D eigenvalue weighted by Gasteiger charge is 2.16. The van der Waals surface area contributed by atoms with Crippen molar-refractivity contribution in [2.75, 3.05) is 9.80 Å². The summed E-state index contributed by atoms with van der Waals surface area (Å²) in [7, 11) is 0. The van der Waals surface area contributed by atoms with Crippen molar-refractivity contribution in [2.45, 2.75) is 83.5 Å². The molecule has 0 saturated heterocycles. The van der Waals surface area contributed by atoms with E-state index in [-0.39, 0.29) is 0 Å². The molecule has 0 heterocycles. The number of benzene rings is 5. The Morgan fingerprint density at radius 3 is 0.822 bits per heavy atom. The third-order valence-corrected chi connectivity index (χ3v) is 8.81. The third-order valence-electron chi connectivity index (χ3n) is 8.51. The molecule has 5 aromatic carbocycles. The zero-order valence-corrected chi connectivity index (χ0v) is 28.1. The lowest BCUT2D eigenvalue weighted by atomic mass is 10.1. The standard InChI is InChI=1S/C42H48N2S/c1-4-7-10-33-13-19-36(20-14-33)43(37-21-15-34(16-22-37)11-8-5-2)39-25-27-40(28-26-39)44(41-29-31-42(45)32-30-41)38-23-17-35(18-24-38)12-9-6-3/h13-32,45H,4-12H2,1-3H3. The van der Waals surface area contributed by atoms with Crippen LogP contribution in [0.2, 0.25) is 0 Å². The predicted molar refractivity (Wildman–Crippen MR) is 199 cm³/mol. The van der Waals surface area contributed by atoms with Crippen LogP contribution in [0.1, 0.15) is 76.0 Å². The Balaban J connectivity index is 1.50. The zero-order chi connectivity index (χ0) is 31.4. The largest absolute Gasteiger partial charge is 0.311 e. The van der Waals surface area contributed by atoms with Gasteiger partial charge in [0.2, 0.25) is 0 Å². The van der Waals surface area contributed by atoms with Crippen LogP contribution in [0.15, 0.2) is 126 Å². The van der Waals surface area contributed by atoms with Crippen molar-refractivity contribution in [1.29, 1.82) is 0 Å². The number of thiol groups is 1. The van der Waals surface area contributed by atoms with Crippen molar-refractivity contribution in [3.8, 4) is 0 Å². The van der Waals surface area contributed by atoms with E-state index in [0.29, 0.717) is 0 Å². The van der Waals surface area contributed by atoms with Gasteiger partial charge in [0.1, 0.15) is 0 Å². The normalized spacial score (nSPS) is 11.0. The van der Waals surface area contributed by atoms with E-state index in [2.05, 4.69) is 165 Å². The van der Waals surface area contributed by atoms with Crippen molar-refractivity contribution < 1.29 is 0 Å². The smallest absolute Gasteiger partial charge is 0.0463 e. The molecule has 2 nitrogen and oxygen atoms in total. The Hall–Kier alpha value is -3.95. The van der Waals surface area contributed by atoms with Gasteiger partial charge in [-0.1, -0.05) is 76.4 Å². The van der Waals surface area contributed by atoms with Crippen LogP contribution >= 0.6 is 12.6 Å². The summed E-state index contributed by atoms with van der Waals surface area (Å²) in [5, 5.41) is 0. The molecule has 0 aliphatic heterocycles. The maximum absolute atomic E-state index is 4.55. The molecule has 45 heavy (non-hydrogen) atoms. The molecule has 0 unspecified atom stereocenters. The molecule has 5 rings (SSSR count). The van der Waals surface area contributed by atoms with Crippen LogP contribution in [0.25, 0.3) is 0 Å². The molecular formula is C42H48N2S. The molecule has 0 saturated carbocycles. The topological polar surface area (TPSA) is 6.48 Å². The van der Waals surface area contributed by atoms with E-state index >= 15 is 0 Å². The molecule has 0 radical (unpaired) electrons. The first-order valence-electron chi connectivity index (χ1n) is 16.9. The maximum atomic E-state index is 4.55. The van der Waals surface area contributed by atoms with Crippen molar-refractivity contribution >= 4 is 46.8 Å². The number of anilines is 6. The van der Waals surface area contributed by atoms with Crippen LogP contribution in [0, 0.1) is 0 Å². The molecule has 0 aromatic heterocycles. The van der Waals surface area contributed by atoms with Crippen LogP contribution < -0.4 is 9.80 Å². The second-order valence-corrected chi connectivity index (χ2v) is 12.5. The van der Waals surface area contributed by atoms with E-state index in [1.54, 1.807) is 0 Å². The Bertz CT molecular complexity index is 1520. The van der Waals surface area contributed by atoms with Gasteiger partial charge >= 0.3 is 0 Å². The summed E-state index contributed by atoms with van der Waals surface area (Å²) in [6.45, 7) is 6.75. The van der Waals surface area contributed by atoms with E-state index in [1.165, 1.54) is 66.6 Å². The fourth-order valence-electron chi connectivity index (χ4n) is 5.82. The average Bonchev–Trinajstić information content (AvgIpc) is 3.09. The fourth-order valence-corrected chi connectivity index (χ4v) is 5.97. The lowest BCUT2D eigenvalue weighted by molar-refractivity contribution is 0.795. The summed E-state index contributed by atoms with van der Waals surface area (Å²) >= 11 is 4.55. The summed E-state index contributed by atoms with van der Waals surface area (Å²) in [6.07, 6.45) is 10.7. The highest BCUT2D eigenvalue weighted by Crippen LogP contribution is 2.39. The minimum atomic E-state index is 0.959. The number of unbranched alkanes of at least 4 members (excludes halogenated alkanes) is 3. The van der Waals surface area contributed by atoms with Crippen LogP contribution in [-0.4, -0.2) is 0 Å². The lowest BCUT2D eigenvalue weighted by Gasteiger charge is -2.28. The van der Waals surface area contributed by atoms with Gasteiger partial charge < -0.3 is 9.80 Å². The van der Waals surface area contributed by atoms with E-state index in [0.717, 1.165) is 46.9 Å². The molecule has 232 valence electrons. The van der Waals surface area contributed by atoms with Crippen LogP contribution in [-0.2, 0) is 19.3 Å². The predicted octanol–water partition coefficient (Wildman–Crippen LogP) is 12.9. The number of rotatable bonds is 15. The van der Waals surface area contributed by atoms with E-state index in [9.17, 15) is 0 Å². The molecule has 0 aliphatic carbocycles. The third kappa shape index (κ3) is 8.61. The molecule has 5 aromatic rings. The van der Waals surface area contributed by atoms with E-state index < -0.39 is 0 Å². The van der Waals surface area contributed by atoms with Crippen LogP contribution in [0.4, 0.5) is 34.1 Å². The minimum Gasteiger partial charge on any atom is -0.311 e. The maximum Gasteiger partial charge on any atom is 0.0463 e. The highest BCUT2D eigenvalue weighted by atomic mass is 32.1. The highest BCUT2D eigenvalue weighted by molar-refractivity contribution is 7.80. The Morgan fingerprint density at radius 2 is 0.578 bits per heavy atom. The molecule has 0 amide bonds. The molecule has 0 fully saturated rings. The summed E-state index contributed by atoms with van der Waals surface area (Å²) in [5.74, 6) is 0. The molecule has 0 bridgehead atoms. The summed E-state index contributed by atoms with van der Waals surface area (Å²) in [4.78, 5) is 5.66. The number of hydrogen-bond acceptors (Lipinski definition) is 3. The van der Waals surface area contributed by atoms with Crippen molar-refractivity contribution in [3.05, 3.63) is 138 Å². The van der Waals surface area contributed by atoms with Gasteiger partial charge in [0, 0.05) is 39.0 Å². The molecule has 0 spiro atoms. The minimum absolute atomic E-state index is 0.959. The van der Waals surface area contributed by atoms with E-state index in [4.69, 9.17) is 0 Å². The van der Waals surface area contributed by atoms with Gasteiger partial charge in [-0.05, 0) is 140 Å². The van der Waals surface area contributed by atoms with Crippen LogP contribution in [0.5, 0.6) is 0 Å². The van der Waals surface area contributed by atoms with Gasteiger partial charge in [0.05, 0.1) is 0 Å². The van der Waals surface area contributed by atoms with Gasteiger partial charge in [-0.2, -0.15) is 0 Å². The van der Waals surface area contributed by atoms with Crippen molar-refractivity contribution in [2.24, 2.45) is 0 Å². The quantitative estimate of drug-likeness (QED) is 0.118. The first kappa shape index (κ1) is 32.4. The summed E-state index contributed by atoms with van der Waals surface area (Å²) in [5.41, 5.74) is 11.1. The summed E-state index contributed by atoms with van der Waals surface area (Å²) < 4.78 is 0. The lowest BCUT2D eigenvalue weighted by Crippen LogP contribution is -2.12. The molecular weight excluding hydrogens is 565 g/mol. The van der Waals surface area contributed by atoms with E-state index in [1.807, 2.05) is 0 Å². The number of nitrogens with zero attached hydrogens (tertiary/aromatic N) is 2. The number of hydrogen-bond donors (Lipinski definition) is 1. The first-order valence-corrected chi connectivity index (χ1v) is 17.3. The van der Waals surface area contributed by atoms with Crippen LogP contribution in [0.3, 0.4) is 0 Å². The molecule has 0 aliphatic rings. The van der Waals surface area contributed by atoms with Gasteiger partial charge in [-0.15, -0.1) is 12.6 Å².